The number of aryl methyl sites for hydroxylation is 1. The number of para-hydroxylation sites is 3. The Labute approximate surface area is 252 Å². The Hall–Kier alpha value is -5.60. The molecule has 8 aromatic rings. The average Bonchev–Trinajstić information content (AvgIpc) is 3.06. The fourth-order valence-corrected chi connectivity index (χ4v) is 6.51. The van der Waals surface area contributed by atoms with E-state index in [0.717, 1.165) is 22.7 Å². The highest BCUT2D eigenvalue weighted by Gasteiger charge is 2.21. The van der Waals surface area contributed by atoms with Crippen molar-refractivity contribution in [1.29, 1.82) is 0 Å². The number of anilines is 6. The van der Waals surface area contributed by atoms with Gasteiger partial charge in [0.1, 0.15) is 0 Å². The van der Waals surface area contributed by atoms with Crippen LogP contribution in [0.2, 0.25) is 0 Å². The van der Waals surface area contributed by atoms with Gasteiger partial charge in [-0.05, 0) is 94.7 Å². The topological polar surface area (TPSA) is 6.48 Å². The zero-order chi connectivity index (χ0) is 28.8. The summed E-state index contributed by atoms with van der Waals surface area (Å²) in [6.45, 7) is 2.16. The highest BCUT2D eigenvalue weighted by Crippen LogP contribution is 2.47. The van der Waals surface area contributed by atoms with Crippen LogP contribution in [0.1, 0.15) is 5.56 Å². The van der Waals surface area contributed by atoms with Crippen molar-refractivity contribution in [2.24, 2.45) is 0 Å². The maximum Gasteiger partial charge on any atom is 0.0540 e. The van der Waals surface area contributed by atoms with E-state index in [2.05, 4.69) is 181 Å². The van der Waals surface area contributed by atoms with Gasteiger partial charge in [-0.2, -0.15) is 0 Å². The maximum absolute atomic E-state index is 2.39. The first-order chi connectivity index (χ1) is 21.3. The molecule has 0 atom stereocenters. The Kier molecular flexibility index (Phi) is 6.05. The van der Waals surface area contributed by atoms with Gasteiger partial charge in [0, 0.05) is 33.5 Å². The lowest BCUT2D eigenvalue weighted by Crippen LogP contribution is -2.11. The van der Waals surface area contributed by atoms with Crippen molar-refractivity contribution in [3.63, 3.8) is 0 Å². The van der Waals surface area contributed by atoms with Gasteiger partial charge >= 0.3 is 0 Å². The third-order valence-corrected chi connectivity index (χ3v) is 8.40. The minimum Gasteiger partial charge on any atom is -0.310 e. The largest absolute Gasteiger partial charge is 0.310 e. The number of hydrogen-bond donors (Lipinski definition) is 0. The Balaban J connectivity index is 1.42. The van der Waals surface area contributed by atoms with E-state index in [1.54, 1.807) is 0 Å². The molecule has 0 aliphatic carbocycles. The van der Waals surface area contributed by atoms with Crippen LogP contribution in [0.15, 0.2) is 164 Å². The van der Waals surface area contributed by atoms with E-state index < -0.39 is 0 Å². The molecule has 8 rings (SSSR count). The van der Waals surface area contributed by atoms with Gasteiger partial charge in [0.2, 0.25) is 0 Å². The molecule has 2 nitrogen and oxygen atoms in total. The molecule has 0 radical (unpaired) electrons. The van der Waals surface area contributed by atoms with Crippen molar-refractivity contribution in [3.05, 3.63) is 169 Å². The molecule has 43 heavy (non-hydrogen) atoms. The first kappa shape index (κ1) is 25.1. The van der Waals surface area contributed by atoms with Gasteiger partial charge in [-0.3, -0.25) is 0 Å². The standard InChI is InChI=1S/C41H30N2/c1-29-12-11-19-35(28-29)43(34-17-9-4-10-18-34)39-27-23-31-20-24-36-38(26-22-30-21-25-37(39)41(31)40(30)36)42(32-13-5-2-6-14-32)33-15-7-3-8-16-33/h2-28H,1H3. The zero-order valence-corrected chi connectivity index (χ0v) is 24.0. The van der Waals surface area contributed by atoms with Gasteiger partial charge in [0.05, 0.1) is 11.4 Å². The summed E-state index contributed by atoms with van der Waals surface area (Å²) in [5.74, 6) is 0. The van der Waals surface area contributed by atoms with Crippen LogP contribution in [-0.4, -0.2) is 0 Å². The van der Waals surface area contributed by atoms with Crippen molar-refractivity contribution < 1.29 is 0 Å². The van der Waals surface area contributed by atoms with E-state index in [9.17, 15) is 0 Å². The molecule has 0 fully saturated rings. The van der Waals surface area contributed by atoms with Gasteiger partial charge < -0.3 is 9.80 Å². The van der Waals surface area contributed by atoms with E-state index in [1.807, 2.05) is 0 Å². The van der Waals surface area contributed by atoms with Gasteiger partial charge in [-0.25, -0.2) is 0 Å². The molecule has 0 heterocycles. The van der Waals surface area contributed by atoms with Gasteiger partial charge in [0.15, 0.2) is 0 Å². The van der Waals surface area contributed by atoms with E-state index >= 15 is 0 Å². The van der Waals surface area contributed by atoms with Crippen LogP contribution in [0.5, 0.6) is 0 Å². The highest BCUT2D eigenvalue weighted by molar-refractivity contribution is 6.28. The maximum atomic E-state index is 2.39. The third-order valence-electron chi connectivity index (χ3n) is 8.40. The molecule has 0 bridgehead atoms. The predicted octanol–water partition coefficient (Wildman–Crippen LogP) is 11.8. The lowest BCUT2D eigenvalue weighted by molar-refractivity contribution is 1.28. The molecular formula is C41H30N2. The van der Waals surface area contributed by atoms with Crippen LogP contribution in [0.4, 0.5) is 34.1 Å². The average molecular weight is 551 g/mol. The van der Waals surface area contributed by atoms with Crippen LogP contribution >= 0.6 is 0 Å². The van der Waals surface area contributed by atoms with Crippen molar-refractivity contribution in [3.8, 4) is 0 Å². The predicted molar refractivity (Wildman–Crippen MR) is 184 cm³/mol. The van der Waals surface area contributed by atoms with Gasteiger partial charge in [-0.15, -0.1) is 0 Å². The molecule has 0 aliphatic rings. The molecular weight excluding hydrogens is 520 g/mol. The fraction of sp³-hybridized carbons (Fsp3) is 0.0244. The first-order valence-electron chi connectivity index (χ1n) is 14.8. The second-order valence-electron chi connectivity index (χ2n) is 11.1. The molecule has 0 amide bonds. The monoisotopic (exact) mass is 550 g/mol. The van der Waals surface area contributed by atoms with Crippen molar-refractivity contribution in [2.45, 2.75) is 6.92 Å². The lowest BCUT2D eigenvalue weighted by atomic mass is 9.91. The molecule has 0 unspecified atom stereocenters. The molecule has 0 saturated heterocycles. The molecule has 204 valence electrons. The normalized spacial score (nSPS) is 11.4. The van der Waals surface area contributed by atoms with Crippen LogP contribution in [0.25, 0.3) is 32.3 Å². The van der Waals surface area contributed by atoms with E-state index in [4.69, 9.17) is 0 Å². The smallest absolute Gasteiger partial charge is 0.0540 e. The summed E-state index contributed by atoms with van der Waals surface area (Å²) in [5.41, 5.74) is 8.15. The molecule has 0 spiro atoms. The summed E-state index contributed by atoms with van der Waals surface area (Å²) >= 11 is 0. The zero-order valence-electron chi connectivity index (χ0n) is 24.0. The highest BCUT2D eigenvalue weighted by atomic mass is 15.1. The summed E-state index contributed by atoms with van der Waals surface area (Å²) in [6.07, 6.45) is 0. The van der Waals surface area contributed by atoms with E-state index in [0.29, 0.717) is 0 Å². The van der Waals surface area contributed by atoms with Gasteiger partial charge in [-0.1, -0.05) is 103 Å². The Morgan fingerprint density at radius 3 is 1.19 bits per heavy atom. The molecule has 0 saturated carbocycles. The summed E-state index contributed by atoms with van der Waals surface area (Å²) in [5, 5.41) is 7.56. The molecule has 2 heteroatoms. The van der Waals surface area contributed by atoms with Crippen LogP contribution in [-0.2, 0) is 0 Å². The molecule has 0 aromatic heterocycles. The second kappa shape index (κ2) is 10.3. The van der Waals surface area contributed by atoms with Crippen molar-refractivity contribution in [1.82, 2.24) is 0 Å². The Morgan fingerprint density at radius 2 is 0.744 bits per heavy atom. The molecule has 8 aromatic carbocycles. The number of hydrogen-bond acceptors (Lipinski definition) is 2. The fourth-order valence-electron chi connectivity index (χ4n) is 6.51. The third kappa shape index (κ3) is 4.27. The van der Waals surface area contributed by atoms with Crippen LogP contribution in [0, 0.1) is 6.92 Å². The summed E-state index contributed by atoms with van der Waals surface area (Å²) in [6, 6.07) is 59.0. The SMILES string of the molecule is Cc1cccc(N(c2ccccc2)c2ccc3ccc4c(N(c5ccccc5)c5ccccc5)ccc5ccc2c3c54)c1. The minimum atomic E-state index is 1.14. The quantitative estimate of drug-likeness (QED) is 0.190. The first-order valence-corrected chi connectivity index (χ1v) is 14.8. The second-order valence-corrected chi connectivity index (χ2v) is 11.1. The lowest BCUT2D eigenvalue weighted by Gasteiger charge is -2.29. The van der Waals surface area contributed by atoms with Crippen LogP contribution < -0.4 is 9.80 Å². The Morgan fingerprint density at radius 1 is 0.349 bits per heavy atom. The summed E-state index contributed by atoms with van der Waals surface area (Å²) < 4.78 is 0. The van der Waals surface area contributed by atoms with E-state index in [-0.39, 0.29) is 0 Å². The van der Waals surface area contributed by atoms with Gasteiger partial charge in [0.25, 0.3) is 0 Å². The van der Waals surface area contributed by atoms with Crippen molar-refractivity contribution in [2.75, 3.05) is 9.80 Å². The summed E-state index contributed by atoms with van der Waals surface area (Å²) in [4.78, 5) is 4.76. The number of benzene rings is 8. The van der Waals surface area contributed by atoms with Crippen molar-refractivity contribution >= 4 is 66.4 Å². The molecule has 0 N–H and O–H groups in total. The summed E-state index contributed by atoms with van der Waals surface area (Å²) in [7, 11) is 0. The van der Waals surface area contributed by atoms with Crippen LogP contribution in [0.3, 0.4) is 0 Å². The Bertz CT molecular complexity index is 2150. The van der Waals surface area contributed by atoms with E-state index in [1.165, 1.54) is 49.3 Å². The molecule has 0 aliphatic heterocycles. The minimum absolute atomic E-state index is 1.14. The number of rotatable bonds is 6. The number of nitrogens with zero attached hydrogens (tertiary/aromatic N) is 2.